The summed E-state index contributed by atoms with van der Waals surface area (Å²) in [6.07, 6.45) is 0.472. The molecule has 0 unspecified atom stereocenters. The maximum atomic E-state index is 10.4. The highest BCUT2D eigenvalue weighted by Gasteiger charge is 2.06. The van der Waals surface area contributed by atoms with Gasteiger partial charge in [-0.05, 0) is 34.1 Å². The zero-order valence-corrected chi connectivity index (χ0v) is 8.54. The Hall–Kier alpha value is -1.49. The number of rotatable bonds is 1. The second-order valence-electron chi connectivity index (χ2n) is 2.73. The summed E-state index contributed by atoms with van der Waals surface area (Å²) in [5.41, 5.74) is 1.22. The zero-order chi connectivity index (χ0) is 10.1. The van der Waals surface area contributed by atoms with Crippen molar-refractivity contribution < 1.29 is 14.3 Å². The van der Waals surface area contributed by atoms with Crippen molar-refractivity contribution >= 4 is 38.7 Å². The summed E-state index contributed by atoms with van der Waals surface area (Å²) in [7, 11) is 0. The molecule has 14 heavy (non-hydrogen) atoms. The number of furan rings is 1. The standard InChI is InChI=1S/C9H6BrNO3/c10-7-4-6(11-9(12)13)3-5-1-2-14-8(5)7/h1-4,11H,(H,12,13). The molecule has 2 aromatic rings. The molecule has 1 amide bonds. The smallest absolute Gasteiger partial charge is 0.409 e. The summed E-state index contributed by atoms with van der Waals surface area (Å²) in [6, 6.07) is 5.13. The Morgan fingerprint density at radius 3 is 3.00 bits per heavy atom. The maximum absolute atomic E-state index is 10.4. The quantitative estimate of drug-likeness (QED) is 0.822. The van der Waals surface area contributed by atoms with Crippen LogP contribution in [-0.2, 0) is 0 Å². The van der Waals surface area contributed by atoms with E-state index in [2.05, 4.69) is 21.2 Å². The van der Waals surface area contributed by atoms with Gasteiger partial charge in [0.15, 0.2) is 0 Å². The number of carboxylic acid groups (broad SMARTS) is 1. The Morgan fingerprint density at radius 1 is 1.50 bits per heavy atom. The predicted molar refractivity (Wildman–Crippen MR) is 55.6 cm³/mol. The van der Waals surface area contributed by atoms with Gasteiger partial charge in [0.1, 0.15) is 5.58 Å². The lowest BCUT2D eigenvalue weighted by Gasteiger charge is -2.01. The number of benzene rings is 1. The normalized spacial score (nSPS) is 10.4. The van der Waals surface area contributed by atoms with E-state index in [-0.39, 0.29) is 0 Å². The highest BCUT2D eigenvalue weighted by Crippen LogP contribution is 2.28. The summed E-state index contributed by atoms with van der Waals surface area (Å²) >= 11 is 3.29. The molecule has 0 saturated heterocycles. The molecule has 2 N–H and O–H groups in total. The fourth-order valence-corrected chi connectivity index (χ4v) is 1.80. The second-order valence-corrected chi connectivity index (χ2v) is 3.58. The molecule has 0 aliphatic rings. The lowest BCUT2D eigenvalue weighted by molar-refractivity contribution is 0.210. The van der Waals surface area contributed by atoms with Crippen molar-refractivity contribution in [3.8, 4) is 0 Å². The molecule has 0 radical (unpaired) electrons. The van der Waals surface area contributed by atoms with Crippen molar-refractivity contribution in [3.63, 3.8) is 0 Å². The number of hydrogen-bond donors (Lipinski definition) is 2. The van der Waals surface area contributed by atoms with Gasteiger partial charge in [-0.3, -0.25) is 5.32 Å². The van der Waals surface area contributed by atoms with Gasteiger partial charge < -0.3 is 9.52 Å². The number of carbonyl (C=O) groups is 1. The molecule has 0 spiro atoms. The van der Waals surface area contributed by atoms with Gasteiger partial charge >= 0.3 is 6.09 Å². The fraction of sp³-hybridized carbons (Fsp3) is 0. The average molecular weight is 256 g/mol. The van der Waals surface area contributed by atoms with Crippen LogP contribution >= 0.6 is 15.9 Å². The largest absolute Gasteiger partial charge is 0.465 e. The molecule has 0 aliphatic heterocycles. The van der Waals surface area contributed by atoms with Crippen LogP contribution in [0, 0.1) is 0 Å². The minimum Gasteiger partial charge on any atom is -0.465 e. The summed E-state index contributed by atoms with van der Waals surface area (Å²) in [6.45, 7) is 0. The van der Waals surface area contributed by atoms with Crippen LogP contribution in [-0.4, -0.2) is 11.2 Å². The van der Waals surface area contributed by atoms with Crippen LogP contribution in [0.25, 0.3) is 11.0 Å². The molecule has 2 rings (SSSR count). The zero-order valence-electron chi connectivity index (χ0n) is 6.95. The van der Waals surface area contributed by atoms with E-state index in [0.29, 0.717) is 11.3 Å². The van der Waals surface area contributed by atoms with Crippen LogP contribution in [0.3, 0.4) is 0 Å². The topological polar surface area (TPSA) is 62.5 Å². The van der Waals surface area contributed by atoms with Crippen molar-refractivity contribution in [2.75, 3.05) is 5.32 Å². The van der Waals surface area contributed by atoms with E-state index in [9.17, 15) is 4.79 Å². The SMILES string of the molecule is O=C(O)Nc1cc(Br)c2occc2c1. The average Bonchev–Trinajstić information content (AvgIpc) is 2.50. The lowest BCUT2D eigenvalue weighted by Crippen LogP contribution is -2.06. The molecule has 72 valence electrons. The second kappa shape index (κ2) is 3.34. The summed E-state index contributed by atoms with van der Waals surface area (Å²) < 4.78 is 5.91. The predicted octanol–water partition coefficient (Wildman–Crippen LogP) is 3.29. The van der Waals surface area contributed by atoms with E-state index >= 15 is 0 Å². The minimum atomic E-state index is -1.08. The third kappa shape index (κ3) is 1.58. The number of fused-ring (bicyclic) bond motifs is 1. The number of nitrogens with one attached hydrogen (secondary N) is 1. The number of hydrogen-bond acceptors (Lipinski definition) is 2. The first-order valence-corrected chi connectivity index (χ1v) is 4.63. The Balaban J connectivity index is 2.53. The maximum Gasteiger partial charge on any atom is 0.409 e. The summed E-state index contributed by atoms with van der Waals surface area (Å²) in [5, 5.41) is 11.7. The van der Waals surface area contributed by atoms with Crippen molar-refractivity contribution in [1.82, 2.24) is 0 Å². The monoisotopic (exact) mass is 255 g/mol. The van der Waals surface area contributed by atoms with Crippen LogP contribution in [0.15, 0.2) is 33.4 Å². The van der Waals surface area contributed by atoms with Crippen LogP contribution in [0.1, 0.15) is 0 Å². The molecule has 0 saturated carbocycles. The van der Waals surface area contributed by atoms with Gasteiger partial charge in [0.25, 0.3) is 0 Å². The van der Waals surface area contributed by atoms with Crippen LogP contribution < -0.4 is 5.32 Å². The molecule has 4 nitrogen and oxygen atoms in total. The first-order chi connectivity index (χ1) is 6.66. The Labute approximate surface area is 87.6 Å². The van der Waals surface area contributed by atoms with Gasteiger partial charge in [0.2, 0.25) is 0 Å². The molecule has 1 heterocycles. The van der Waals surface area contributed by atoms with Crippen LogP contribution in [0.4, 0.5) is 10.5 Å². The molecular formula is C9H6BrNO3. The van der Waals surface area contributed by atoms with E-state index in [1.165, 1.54) is 0 Å². The summed E-state index contributed by atoms with van der Waals surface area (Å²) in [4.78, 5) is 10.4. The molecule has 0 aliphatic carbocycles. The van der Waals surface area contributed by atoms with Crippen molar-refractivity contribution in [1.29, 1.82) is 0 Å². The molecule has 0 atom stereocenters. The van der Waals surface area contributed by atoms with Gasteiger partial charge in [-0.15, -0.1) is 0 Å². The van der Waals surface area contributed by atoms with Gasteiger partial charge in [0, 0.05) is 11.1 Å². The van der Waals surface area contributed by atoms with Gasteiger partial charge in [-0.2, -0.15) is 0 Å². The number of anilines is 1. The molecule has 1 aromatic heterocycles. The Bertz CT molecular complexity index is 492. The lowest BCUT2D eigenvalue weighted by atomic mass is 10.2. The fourth-order valence-electron chi connectivity index (χ4n) is 1.23. The Kier molecular flexibility index (Phi) is 2.17. The van der Waals surface area contributed by atoms with E-state index < -0.39 is 6.09 Å². The van der Waals surface area contributed by atoms with E-state index in [1.54, 1.807) is 24.5 Å². The molecule has 0 bridgehead atoms. The van der Waals surface area contributed by atoms with Gasteiger partial charge in [-0.25, -0.2) is 4.79 Å². The van der Waals surface area contributed by atoms with E-state index in [1.807, 2.05) is 0 Å². The first kappa shape index (κ1) is 9.08. The number of halogens is 1. The van der Waals surface area contributed by atoms with Crippen LogP contribution in [0.2, 0.25) is 0 Å². The molecule has 1 aromatic carbocycles. The molecular weight excluding hydrogens is 250 g/mol. The van der Waals surface area contributed by atoms with Crippen molar-refractivity contribution in [3.05, 3.63) is 28.9 Å². The van der Waals surface area contributed by atoms with E-state index in [4.69, 9.17) is 9.52 Å². The third-order valence-electron chi connectivity index (χ3n) is 1.76. The molecule has 0 fully saturated rings. The third-order valence-corrected chi connectivity index (χ3v) is 2.35. The van der Waals surface area contributed by atoms with E-state index in [0.717, 1.165) is 9.86 Å². The van der Waals surface area contributed by atoms with Crippen molar-refractivity contribution in [2.24, 2.45) is 0 Å². The number of amides is 1. The highest BCUT2D eigenvalue weighted by molar-refractivity contribution is 9.10. The van der Waals surface area contributed by atoms with Gasteiger partial charge in [-0.1, -0.05) is 0 Å². The van der Waals surface area contributed by atoms with Gasteiger partial charge in [0.05, 0.1) is 10.7 Å². The van der Waals surface area contributed by atoms with Crippen molar-refractivity contribution in [2.45, 2.75) is 0 Å². The first-order valence-electron chi connectivity index (χ1n) is 3.83. The summed E-state index contributed by atoms with van der Waals surface area (Å²) in [5.74, 6) is 0. The molecule has 5 heteroatoms. The Morgan fingerprint density at radius 2 is 2.29 bits per heavy atom. The minimum absolute atomic E-state index is 0.512. The van der Waals surface area contributed by atoms with Crippen LogP contribution in [0.5, 0.6) is 0 Å². The highest BCUT2D eigenvalue weighted by atomic mass is 79.9.